The molecule has 0 bridgehead atoms. The minimum absolute atomic E-state index is 0.128. The van der Waals surface area contributed by atoms with E-state index in [1.165, 1.54) is 27.5 Å². The summed E-state index contributed by atoms with van der Waals surface area (Å²) in [6, 6.07) is 29.8. The van der Waals surface area contributed by atoms with Gasteiger partial charge in [-0.1, -0.05) is 89.9 Å². The first-order valence-electron chi connectivity index (χ1n) is 12.0. The van der Waals surface area contributed by atoms with Gasteiger partial charge < -0.3 is 9.64 Å². The fourth-order valence-electron chi connectivity index (χ4n) is 5.67. The predicted molar refractivity (Wildman–Crippen MR) is 141 cm³/mol. The predicted octanol–water partition coefficient (Wildman–Crippen LogP) is 7.80. The molecule has 4 aromatic rings. The Morgan fingerprint density at radius 2 is 1.50 bits per heavy atom. The van der Waals surface area contributed by atoms with E-state index in [1.807, 2.05) is 12.1 Å². The van der Waals surface area contributed by atoms with Gasteiger partial charge in [0.2, 0.25) is 0 Å². The van der Waals surface area contributed by atoms with Gasteiger partial charge in [0, 0.05) is 29.7 Å². The lowest BCUT2D eigenvalue weighted by atomic mass is 9.83. The van der Waals surface area contributed by atoms with Crippen LogP contribution in [0.5, 0.6) is 0 Å². The van der Waals surface area contributed by atoms with E-state index in [2.05, 4.69) is 71.6 Å². The number of fused-ring (bicyclic) bond motifs is 3. The van der Waals surface area contributed by atoms with Crippen LogP contribution in [0.15, 0.2) is 84.9 Å². The van der Waals surface area contributed by atoms with E-state index in [1.54, 1.807) is 6.07 Å². The maximum Gasteiger partial charge on any atom is 0.109 e. The normalized spacial score (nSPS) is 19.5. The standard InChI is InChI=1S/C30H27Cl2NO/c31-25-18-24(19-26(32)20-25)29-27-7-3-4-8-28(27)30(34-29)12-15-33(16-13-30)14-11-21-9-10-22-5-1-2-6-23(22)17-21/h1-10,17-20,29H,11-16H2. The maximum absolute atomic E-state index is 6.87. The number of hydrogen-bond acceptors (Lipinski definition) is 2. The SMILES string of the molecule is Clc1cc(Cl)cc(C2OC3(CCN(CCc4ccc5ccccc5c4)CC3)c3ccccc32)c1. The average Bonchev–Trinajstić information content (AvgIpc) is 3.17. The molecule has 1 spiro atoms. The Morgan fingerprint density at radius 3 is 2.29 bits per heavy atom. The zero-order chi connectivity index (χ0) is 23.1. The molecule has 0 aromatic heterocycles. The summed E-state index contributed by atoms with van der Waals surface area (Å²) in [4.78, 5) is 2.58. The Labute approximate surface area is 211 Å². The van der Waals surface area contributed by atoms with Gasteiger partial charge in [-0.3, -0.25) is 0 Å². The molecule has 1 unspecified atom stereocenters. The molecule has 0 radical (unpaired) electrons. The lowest BCUT2D eigenvalue weighted by Crippen LogP contribution is -2.43. The van der Waals surface area contributed by atoms with Crippen LogP contribution in [0.4, 0.5) is 0 Å². The highest BCUT2D eigenvalue weighted by molar-refractivity contribution is 6.34. The molecule has 172 valence electrons. The van der Waals surface area contributed by atoms with E-state index in [0.29, 0.717) is 10.0 Å². The number of ether oxygens (including phenoxy) is 1. The van der Waals surface area contributed by atoms with Crippen molar-refractivity contribution in [2.24, 2.45) is 0 Å². The molecule has 4 aromatic carbocycles. The zero-order valence-electron chi connectivity index (χ0n) is 19.0. The van der Waals surface area contributed by atoms with Crippen molar-refractivity contribution in [1.29, 1.82) is 0 Å². The van der Waals surface area contributed by atoms with Gasteiger partial charge in [0.25, 0.3) is 0 Å². The Balaban J connectivity index is 1.17. The van der Waals surface area contributed by atoms with Crippen molar-refractivity contribution in [2.75, 3.05) is 19.6 Å². The monoisotopic (exact) mass is 487 g/mol. The maximum atomic E-state index is 6.87. The molecule has 4 heteroatoms. The van der Waals surface area contributed by atoms with Crippen LogP contribution < -0.4 is 0 Å². The molecule has 2 nitrogen and oxygen atoms in total. The fraction of sp³-hybridized carbons (Fsp3) is 0.267. The van der Waals surface area contributed by atoms with Crippen molar-refractivity contribution in [3.05, 3.63) is 117 Å². The number of halogens is 2. The Hall–Kier alpha value is -2.36. The van der Waals surface area contributed by atoms with E-state index in [0.717, 1.165) is 44.5 Å². The molecule has 0 N–H and O–H groups in total. The van der Waals surface area contributed by atoms with E-state index < -0.39 is 0 Å². The number of likely N-dealkylation sites (tertiary alicyclic amines) is 1. The molecule has 1 atom stereocenters. The smallest absolute Gasteiger partial charge is 0.109 e. The third-order valence-corrected chi connectivity index (χ3v) is 7.90. The van der Waals surface area contributed by atoms with Gasteiger partial charge in [-0.15, -0.1) is 0 Å². The third-order valence-electron chi connectivity index (χ3n) is 7.46. The van der Waals surface area contributed by atoms with Crippen molar-refractivity contribution in [1.82, 2.24) is 4.90 Å². The summed E-state index contributed by atoms with van der Waals surface area (Å²) in [6.07, 6.45) is 2.93. The van der Waals surface area contributed by atoms with Crippen molar-refractivity contribution < 1.29 is 4.74 Å². The quantitative estimate of drug-likeness (QED) is 0.291. The van der Waals surface area contributed by atoms with Gasteiger partial charge in [-0.05, 0) is 70.5 Å². The number of rotatable bonds is 4. The summed E-state index contributed by atoms with van der Waals surface area (Å²) in [7, 11) is 0. The first-order valence-corrected chi connectivity index (χ1v) is 12.8. The van der Waals surface area contributed by atoms with E-state index in [9.17, 15) is 0 Å². The molecule has 2 aliphatic heterocycles. The van der Waals surface area contributed by atoms with E-state index in [4.69, 9.17) is 27.9 Å². The van der Waals surface area contributed by atoms with Crippen LogP contribution in [-0.2, 0) is 16.8 Å². The number of benzene rings is 4. The molecule has 6 rings (SSSR count). The molecule has 2 aliphatic rings. The summed E-state index contributed by atoms with van der Waals surface area (Å²) >= 11 is 12.6. The largest absolute Gasteiger partial charge is 0.358 e. The van der Waals surface area contributed by atoms with Crippen LogP contribution in [0, 0.1) is 0 Å². The third kappa shape index (κ3) is 4.14. The second-order valence-electron chi connectivity index (χ2n) is 9.56. The van der Waals surface area contributed by atoms with Gasteiger partial charge >= 0.3 is 0 Å². The summed E-state index contributed by atoms with van der Waals surface area (Å²) < 4.78 is 6.87. The Kier molecular flexibility index (Phi) is 5.87. The number of nitrogens with zero attached hydrogens (tertiary/aromatic N) is 1. The van der Waals surface area contributed by atoms with Crippen molar-refractivity contribution in [3.63, 3.8) is 0 Å². The number of hydrogen-bond donors (Lipinski definition) is 0. The van der Waals surface area contributed by atoms with Gasteiger partial charge in [-0.25, -0.2) is 0 Å². The van der Waals surface area contributed by atoms with Crippen LogP contribution in [0.25, 0.3) is 10.8 Å². The van der Waals surface area contributed by atoms with Crippen LogP contribution in [0.1, 0.15) is 41.2 Å². The Morgan fingerprint density at radius 1 is 0.794 bits per heavy atom. The fourth-order valence-corrected chi connectivity index (χ4v) is 6.22. The van der Waals surface area contributed by atoms with E-state index in [-0.39, 0.29) is 11.7 Å². The van der Waals surface area contributed by atoms with Crippen LogP contribution >= 0.6 is 23.2 Å². The second-order valence-corrected chi connectivity index (χ2v) is 10.4. The minimum Gasteiger partial charge on any atom is -0.358 e. The molecule has 1 saturated heterocycles. The van der Waals surface area contributed by atoms with Gasteiger partial charge in [-0.2, -0.15) is 0 Å². The highest BCUT2D eigenvalue weighted by Gasteiger charge is 2.46. The highest BCUT2D eigenvalue weighted by atomic mass is 35.5. The van der Waals surface area contributed by atoms with Gasteiger partial charge in [0.15, 0.2) is 0 Å². The summed E-state index contributed by atoms with van der Waals surface area (Å²) in [5.41, 5.74) is 4.76. The first kappa shape index (κ1) is 22.1. The molecule has 0 amide bonds. The summed E-state index contributed by atoms with van der Waals surface area (Å²) in [5, 5.41) is 3.92. The van der Waals surface area contributed by atoms with Crippen LogP contribution in [-0.4, -0.2) is 24.5 Å². The molecule has 0 aliphatic carbocycles. The summed E-state index contributed by atoms with van der Waals surface area (Å²) in [5.74, 6) is 0. The first-order chi connectivity index (χ1) is 16.6. The summed E-state index contributed by atoms with van der Waals surface area (Å²) in [6.45, 7) is 3.14. The van der Waals surface area contributed by atoms with Crippen molar-refractivity contribution in [3.8, 4) is 0 Å². The van der Waals surface area contributed by atoms with Crippen molar-refractivity contribution >= 4 is 34.0 Å². The zero-order valence-corrected chi connectivity index (χ0v) is 20.5. The van der Waals surface area contributed by atoms with Gasteiger partial charge in [0.1, 0.15) is 6.10 Å². The van der Waals surface area contributed by atoms with Gasteiger partial charge in [0.05, 0.1) is 5.60 Å². The Bertz CT molecular complexity index is 1320. The second kappa shape index (κ2) is 9.02. The molecule has 0 saturated carbocycles. The van der Waals surface area contributed by atoms with Crippen LogP contribution in [0.3, 0.4) is 0 Å². The average molecular weight is 488 g/mol. The molecular formula is C30H27Cl2NO. The molecule has 1 fully saturated rings. The lowest BCUT2D eigenvalue weighted by Gasteiger charge is -2.40. The molecule has 2 heterocycles. The topological polar surface area (TPSA) is 12.5 Å². The highest BCUT2D eigenvalue weighted by Crippen LogP contribution is 2.51. The van der Waals surface area contributed by atoms with E-state index >= 15 is 0 Å². The van der Waals surface area contributed by atoms with Crippen molar-refractivity contribution in [2.45, 2.75) is 31.0 Å². The number of piperidine rings is 1. The minimum atomic E-state index is -0.241. The van der Waals surface area contributed by atoms with Crippen LogP contribution in [0.2, 0.25) is 10.0 Å². The molecule has 34 heavy (non-hydrogen) atoms. The molecular weight excluding hydrogens is 461 g/mol. The lowest BCUT2D eigenvalue weighted by molar-refractivity contribution is -0.0966.